The lowest BCUT2D eigenvalue weighted by molar-refractivity contribution is -0.121. The second kappa shape index (κ2) is 8.85. The number of carbonyl (C=O) groups is 1. The number of aromatic amines is 2. The van der Waals surface area contributed by atoms with Crippen molar-refractivity contribution in [1.82, 2.24) is 15.3 Å². The molecule has 2 aromatic carbocycles. The summed E-state index contributed by atoms with van der Waals surface area (Å²) in [5.74, 6) is 1.19. The highest BCUT2D eigenvalue weighted by atomic mass is 16.5. The van der Waals surface area contributed by atoms with Crippen molar-refractivity contribution in [3.63, 3.8) is 0 Å². The van der Waals surface area contributed by atoms with Gasteiger partial charge < -0.3 is 15.0 Å². The largest absolute Gasteiger partial charge is 0.457 e. The van der Waals surface area contributed by atoms with Crippen molar-refractivity contribution in [2.24, 2.45) is 0 Å². The van der Waals surface area contributed by atoms with Crippen LogP contribution in [0.4, 0.5) is 0 Å². The summed E-state index contributed by atoms with van der Waals surface area (Å²) in [5, 5.41) is 2.84. The maximum atomic E-state index is 12.2. The predicted octanol–water partition coefficient (Wildman–Crippen LogP) is 2.41. The predicted molar refractivity (Wildman–Crippen MR) is 106 cm³/mol. The number of aromatic nitrogens is 2. The second-order valence-corrected chi connectivity index (χ2v) is 6.31. The monoisotopic (exact) mass is 379 g/mol. The number of benzene rings is 2. The average molecular weight is 379 g/mol. The Labute approximate surface area is 161 Å². The summed E-state index contributed by atoms with van der Waals surface area (Å²) >= 11 is 0. The van der Waals surface area contributed by atoms with Gasteiger partial charge in [-0.2, -0.15) is 0 Å². The molecular formula is C21H21N3O4. The van der Waals surface area contributed by atoms with Gasteiger partial charge in [0.1, 0.15) is 11.5 Å². The fourth-order valence-electron chi connectivity index (χ4n) is 2.81. The van der Waals surface area contributed by atoms with E-state index in [1.165, 1.54) is 0 Å². The summed E-state index contributed by atoms with van der Waals surface area (Å²) in [6, 6.07) is 16.9. The first-order valence-electron chi connectivity index (χ1n) is 8.92. The Morgan fingerprint density at radius 3 is 2.46 bits per heavy atom. The molecule has 0 unspecified atom stereocenters. The van der Waals surface area contributed by atoms with Gasteiger partial charge in [0.25, 0.3) is 5.56 Å². The number of para-hydroxylation sites is 2. The van der Waals surface area contributed by atoms with Crippen molar-refractivity contribution < 1.29 is 9.53 Å². The molecule has 1 heterocycles. The molecule has 0 atom stereocenters. The molecule has 0 spiro atoms. The van der Waals surface area contributed by atoms with Crippen molar-refractivity contribution in [2.45, 2.75) is 26.3 Å². The quantitative estimate of drug-likeness (QED) is 0.586. The Hall–Kier alpha value is -3.61. The summed E-state index contributed by atoms with van der Waals surface area (Å²) in [5.41, 5.74) is 0.713. The molecule has 144 valence electrons. The summed E-state index contributed by atoms with van der Waals surface area (Å²) < 4.78 is 5.88. The fraction of sp³-hybridized carbons (Fsp3) is 0.190. The number of hydrogen-bond donors (Lipinski definition) is 3. The lowest BCUT2D eigenvalue weighted by Gasteiger charge is -2.12. The Morgan fingerprint density at radius 1 is 1.00 bits per heavy atom. The molecule has 0 aliphatic heterocycles. The molecule has 0 saturated carbocycles. The first-order chi connectivity index (χ1) is 13.5. The molecule has 7 heteroatoms. The van der Waals surface area contributed by atoms with Crippen molar-refractivity contribution >= 4 is 5.91 Å². The Balaban J connectivity index is 1.60. The van der Waals surface area contributed by atoms with Crippen LogP contribution in [0.5, 0.6) is 11.5 Å². The van der Waals surface area contributed by atoms with E-state index in [1.54, 1.807) is 6.92 Å². The molecule has 7 nitrogen and oxygen atoms in total. The maximum Gasteiger partial charge on any atom is 0.325 e. The zero-order chi connectivity index (χ0) is 19.9. The normalized spacial score (nSPS) is 10.5. The molecule has 1 amide bonds. The van der Waals surface area contributed by atoms with Crippen LogP contribution in [0.3, 0.4) is 0 Å². The number of hydrogen-bond acceptors (Lipinski definition) is 4. The van der Waals surface area contributed by atoms with Crippen LogP contribution >= 0.6 is 0 Å². The zero-order valence-corrected chi connectivity index (χ0v) is 15.5. The smallest absolute Gasteiger partial charge is 0.325 e. The third-order valence-corrected chi connectivity index (χ3v) is 4.28. The highest BCUT2D eigenvalue weighted by molar-refractivity contribution is 5.76. The van der Waals surface area contributed by atoms with Crippen LogP contribution in [-0.4, -0.2) is 15.9 Å². The van der Waals surface area contributed by atoms with Gasteiger partial charge in [-0.25, -0.2) is 4.79 Å². The molecule has 1 aromatic heterocycles. The molecule has 3 N–H and O–H groups in total. The van der Waals surface area contributed by atoms with Crippen LogP contribution in [0, 0.1) is 6.92 Å². The molecule has 0 aliphatic rings. The third-order valence-electron chi connectivity index (χ3n) is 4.28. The van der Waals surface area contributed by atoms with E-state index in [9.17, 15) is 14.4 Å². The van der Waals surface area contributed by atoms with E-state index in [0.717, 1.165) is 5.56 Å². The standard InChI is InChI=1S/C21H21N3O4/c1-14-17(20(26)24-21(27)23-14)11-12-19(25)22-13-15-7-5-6-10-18(15)28-16-8-3-2-4-9-16/h2-10H,11-13H2,1H3,(H,22,25)(H2,23,24,26,27). The van der Waals surface area contributed by atoms with E-state index in [1.807, 2.05) is 54.6 Å². The minimum atomic E-state index is -0.550. The van der Waals surface area contributed by atoms with Gasteiger partial charge in [0.05, 0.1) is 0 Å². The molecule has 0 aliphatic carbocycles. The number of ether oxygens (including phenoxy) is 1. The number of amides is 1. The van der Waals surface area contributed by atoms with Gasteiger partial charge in [0.15, 0.2) is 0 Å². The summed E-state index contributed by atoms with van der Waals surface area (Å²) in [6.45, 7) is 1.95. The molecule has 3 aromatic rings. The van der Waals surface area contributed by atoms with Crippen molar-refractivity contribution in [2.75, 3.05) is 0 Å². The van der Waals surface area contributed by atoms with Gasteiger partial charge >= 0.3 is 5.69 Å². The molecule has 0 radical (unpaired) electrons. The Morgan fingerprint density at radius 2 is 1.71 bits per heavy atom. The third kappa shape index (κ3) is 4.97. The summed E-state index contributed by atoms with van der Waals surface area (Å²) in [7, 11) is 0. The average Bonchev–Trinajstić information content (AvgIpc) is 2.67. The summed E-state index contributed by atoms with van der Waals surface area (Å²) in [6.07, 6.45) is 0.379. The first-order valence-corrected chi connectivity index (χ1v) is 8.92. The highest BCUT2D eigenvalue weighted by Gasteiger charge is 2.10. The molecular weight excluding hydrogens is 358 g/mol. The lowest BCUT2D eigenvalue weighted by Crippen LogP contribution is -2.29. The molecule has 0 saturated heterocycles. The molecule has 3 rings (SSSR count). The van der Waals surface area contributed by atoms with Gasteiger partial charge in [0, 0.05) is 29.8 Å². The zero-order valence-electron chi connectivity index (χ0n) is 15.5. The van der Waals surface area contributed by atoms with Gasteiger partial charge in [-0.05, 0) is 31.5 Å². The van der Waals surface area contributed by atoms with Crippen LogP contribution in [0.1, 0.15) is 23.2 Å². The number of aryl methyl sites for hydroxylation is 1. The van der Waals surface area contributed by atoms with Crippen LogP contribution in [-0.2, 0) is 17.8 Å². The number of nitrogens with one attached hydrogen (secondary N) is 3. The first kappa shape index (κ1) is 19.2. The number of carbonyl (C=O) groups excluding carboxylic acids is 1. The minimum Gasteiger partial charge on any atom is -0.457 e. The SMILES string of the molecule is Cc1[nH]c(=O)[nH]c(=O)c1CCC(=O)NCc1ccccc1Oc1ccccc1. The van der Waals surface area contributed by atoms with E-state index >= 15 is 0 Å². The topological polar surface area (TPSA) is 104 Å². The van der Waals surface area contributed by atoms with Crippen LogP contribution in [0.25, 0.3) is 0 Å². The Kier molecular flexibility index (Phi) is 6.06. The minimum absolute atomic E-state index is 0.137. The van der Waals surface area contributed by atoms with Gasteiger partial charge in [-0.3, -0.25) is 14.6 Å². The van der Waals surface area contributed by atoms with Gasteiger partial charge in [-0.1, -0.05) is 36.4 Å². The second-order valence-electron chi connectivity index (χ2n) is 6.31. The van der Waals surface area contributed by atoms with Crippen molar-refractivity contribution in [3.05, 3.63) is 92.3 Å². The summed E-state index contributed by atoms with van der Waals surface area (Å²) in [4.78, 5) is 40.0. The van der Waals surface area contributed by atoms with Gasteiger partial charge in [0.2, 0.25) is 5.91 Å². The molecule has 0 fully saturated rings. The fourth-order valence-corrected chi connectivity index (χ4v) is 2.81. The number of H-pyrrole nitrogens is 2. The van der Waals surface area contributed by atoms with Crippen LogP contribution in [0.2, 0.25) is 0 Å². The van der Waals surface area contributed by atoms with Gasteiger partial charge in [-0.15, -0.1) is 0 Å². The Bertz CT molecular complexity index is 1070. The van der Waals surface area contributed by atoms with Crippen molar-refractivity contribution in [3.8, 4) is 11.5 Å². The van der Waals surface area contributed by atoms with E-state index in [2.05, 4.69) is 15.3 Å². The van der Waals surface area contributed by atoms with E-state index in [4.69, 9.17) is 4.74 Å². The van der Waals surface area contributed by atoms with Crippen LogP contribution in [0.15, 0.2) is 64.2 Å². The highest BCUT2D eigenvalue weighted by Crippen LogP contribution is 2.24. The van der Waals surface area contributed by atoms with Crippen LogP contribution < -0.4 is 21.3 Å². The maximum absolute atomic E-state index is 12.2. The van der Waals surface area contributed by atoms with E-state index in [-0.39, 0.29) is 18.7 Å². The molecule has 0 bridgehead atoms. The van der Waals surface area contributed by atoms with E-state index < -0.39 is 11.2 Å². The van der Waals surface area contributed by atoms with E-state index in [0.29, 0.717) is 29.3 Å². The molecule has 28 heavy (non-hydrogen) atoms. The lowest BCUT2D eigenvalue weighted by atomic mass is 10.1. The number of rotatable bonds is 7. The van der Waals surface area contributed by atoms with Crippen molar-refractivity contribution in [1.29, 1.82) is 0 Å².